The van der Waals surface area contributed by atoms with Crippen LogP contribution in [-0.2, 0) is 0 Å². The minimum Gasteiger partial charge on any atom is -0.493 e. The summed E-state index contributed by atoms with van der Waals surface area (Å²) in [4.78, 5) is 18.1. The van der Waals surface area contributed by atoms with Gasteiger partial charge in [-0.25, -0.2) is 19.2 Å². The van der Waals surface area contributed by atoms with E-state index in [1.54, 1.807) is 0 Å². The molecule has 6 nitrogen and oxygen atoms in total. The van der Waals surface area contributed by atoms with Gasteiger partial charge in [0.2, 0.25) is 0 Å². The Morgan fingerprint density at radius 1 is 1.26 bits per heavy atom. The predicted octanol–water partition coefficient (Wildman–Crippen LogP) is 2.11. The third kappa shape index (κ3) is 2.95. The molecule has 1 aromatic carbocycles. The molecule has 0 saturated carbocycles. The molecule has 98 valence electrons. The number of aromatic carboxylic acids is 1. The van der Waals surface area contributed by atoms with Crippen molar-refractivity contribution in [1.29, 1.82) is 0 Å². The van der Waals surface area contributed by atoms with Crippen LogP contribution in [0.1, 0.15) is 10.4 Å². The molecule has 0 saturated heterocycles. The Kier molecular flexibility index (Phi) is 3.56. The van der Waals surface area contributed by atoms with Gasteiger partial charge in [-0.2, -0.15) is 0 Å². The molecule has 0 radical (unpaired) electrons. The molecule has 1 heterocycles. The van der Waals surface area contributed by atoms with Crippen LogP contribution in [0.15, 0.2) is 30.6 Å². The van der Waals surface area contributed by atoms with Gasteiger partial charge in [0.1, 0.15) is 0 Å². The molecule has 0 atom stereocenters. The summed E-state index contributed by atoms with van der Waals surface area (Å²) in [5, 5.41) is 8.90. The summed E-state index contributed by atoms with van der Waals surface area (Å²) in [7, 11) is 1.41. The lowest BCUT2D eigenvalue weighted by atomic mass is 10.2. The minimum absolute atomic E-state index is 0.0258. The fourth-order valence-electron chi connectivity index (χ4n) is 1.34. The number of hydrogen-bond acceptors (Lipinski definition) is 5. The summed E-state index contributed by atoms with van der Waals surface area (Å²) >= 11 is 0. The van der Waals surface area contributed by atoms with E-state index in [-0.39, 0.29) is 17.3 Å². The maximum atomic E-state index is 12.7. The lowest BCUT2D eigenvalue weighted by Crippen LogP contribution is -1.99. The molecule has 0 amide bonds. The van der Waals surface area contributed by atoms with Crippen molar-refractivity contribution in [1.82, 2.24) is 9.97 Å². The summed E-state index contributed by atoms with van der Waals surface area (Å²) in [5.41, 5.74) is 0.0258. The molecule has 0 bridgehead atoms. The van der Waals surface area contributed by atoms with Crippen molar-refractivity contribution < 1.29 is 23.8 Å². The van der Waals surface area contributed by atoms with Gasteiger partial charge >= 0.3 is 12.0 Å². The van der Waals surface area contributed by atoms with Crippen LogP contribution in [0.5, 0.6) is 17.5 Å². The number of carbonyl (C=O) groups is 1. The summed E-state index contributed by atoms with van der Waals surface area (Å²) in [6, 6.07) is 3.98. The van der Waals surface area contributed by atoms with Crippen molar-refractivity contribution in [2.24, 2.45) is 0 Å². The highest BCUT2D eigenvalue weighted by Gasteiger charge is 2.12. The molecule has 2 aromatic rings. The average molecular weight is 264 g/mol. The summed E-state index contributed by atoms with van der Waals surface area (Å²) < 4.78 is 23.0. The van der Waals surface area contributed by atoms with Gasteiger partial charge < -0.3 is 14.6 Å². The number of benzene rings is 1. The monoisotopic (exact) mass is 264 g/mol. The molecule has 0 fully saturated rings. The molecule has 2 rings (SSSR count). The largest absolute Gasteiger partial charge is 0.493 e. The first-order chi connectivity index (χ1) is 9.10. The molecule has 0 spiro atoms. The zero-order valence-electron chi connectivity index (χ0n) is 9.83. The highest BCUT2D eigenvalue weighted by Crippen LogP contribution is 2.30. The van der Waals surface area contributed by atoms with Crippen LogP contribution in [0.25, 0.3) is 0 Å². The minimum atomic E-state index is -1.10. The first-order valence-corrected chi connectivity index (χ1v) is 5.17. The number of nitrogens with zero attached hydrogens (tertiary/aromatic N) is 2. The van der Waals surface area contributed by atoms with Gasteiger partial charge in [-0.1, -0.05) is 0 Å². The van der Waals surface area contributed by atoms with Crippen molar-refractivity contribution in [2.45, 2.75) is 0 Å². The van der Waals surface area contributed by atoms with Crippen LogP contribution in [0.4, 0.5) is 4.39 Å². The highest BCUT2D eigenvalue weighted by atomic mass is 19.1. The Balaban J connectivity index is 2.34. The number of aromatic nitrogens is 2. The molecule has 0 aliphatic rings. The summed E-state index contributed by atoms with van der Waals surface area (Å²) in [5.74, 6) is -1.25. The van der Waals surface area contributed by atoms with Crippen molar-refractivity contribution in [2.75, 3.05) is 7.11 Å². The maximum Gasteiger partial charge on any atom is 0.335 e. The molecular weight excluding hydrogens is 255 g/mol. The molecule has 0 aliphatic carbocycles. The fourth-order valence-corrected chi connectivity index (χ4v) is 1.34. The molecular formula is C12H9FN2O4. The number of carboxylic acid groups (broad SMARTS) is 1. The SMILES string of the molecule is COc1ccc(C(=O)O)cc1Oc1ncc(F)cn1. The second-order valence-electron chi connectivity index (χ2n) is 3.46. The Morgan fingerprint density at radius 3 is 2.53 bits per heavy atom. The molecule has 0 unspecified atom stereocenters. The van der Waals surface area contributed by atoms with Gasteiger partial charge in [-0.15, -0.1) is 0 Å². The van der Waals surface area contributed by atoms with Crippen molar-refractivity contribution >= 4 is 5.97 Å². The Bertz CT molecular complexity index is 601. The smallest absolute Gasteiger partial charge is 0.335 e. The van der Waals surface area contributed by atoms with E-state index in [1.165, 1.54) is 25.3 Å². The lowest BCUT2D eigenvalue weighted by Gasteiger charge is -2.09. The molecule has 1 N–H and O–H groups in total. The van der Waals surface area contributed by atoms with E-state index in [2.05, 4.69) is 9.97 Å². The van der Waals surface area contributed by atoms with Crippen LogP contribution >= 0.6 is 0 Å². The predicted molar refractivity (Wildman–Crippen MR) is 62.0 cm³/mol. The third-order valence-corrected chi connectivity index (χ3v) is 2.21. The molecule has 7 heteroatoms. The quantitative estimate of drug-likeness (QED) is 0.910. The topological polar surface area (TPSA) is 81.5 Å². The van der Waals surface area contributed by atoms with Gasteiger partial charge in [0.05, 0.1) is 25.1 Å². The zero-order chi connectivity index (χ0) is 13.8. The van der Waals surface area contributed by atoms with Crippen LogP contribution in [-0.4, -0.2) is 28.2 Å². The number of hydrogen-bond donors (Lipinski definition) is 1. The van der Waals surface area contributed by atoms with E-state index in [0.717, 1.165) is 12.4 Å². The normalized spacial score (nSPS) is 10.0. The second-order valence-corrected chi connectivity index (χ2v) is 3.46. The first kappa shape index (κ1) is 12.7. The van der Waals surface area contributed by atoms with E-state index in [1.807, 2.05) is 0 Å². The number of rotatable bonds is 4. The highest BCUT2D eigenvalue weighted by molar-refractivity contribution is 5.88. The van der Waals surface area contributed by atoms with Gasteiger partial charge in [0, 0.05) is 0 Å². The summed E-state index contributed by atoms with van der Waals surface area (Å²) in [6.45, 7) is 0. The number of ether oxygens (including phenoxy) is 2. The van der Waals surface area contributed by atoms with E-state index in [4.69, 9.17) is 14.6 Å². The second kappa shape index (κ2) is 5.30. The standard InChI is InChI=1S/C12H9FN2O4/c1-18-9-3-2-7(11(16)17)4-10(9)19-12-14-5-8(13)6-15-12/h2-6H,1H3,(H,16,17). The van der Waals surface area contributed by atoms with E-state index in [9.17, 15) is 9.18 Å². The van der Waals surface area contributed by atoms with Crippen LogP contribution < -0.4 is 9.47 Å². The zero-order valence-corrected chi connectivity index (χ0v) is 9.83. The maximum absolute atomic E-state index is 12.7. The Morgan fingerprint density at radius 2 is 1.95 bits per heavy atom. The van der Waals surface area contributed by atoms with Crippen molar-refractivity contribution in [3.8, 4) is 17.5 Å². The third-order valence-electron chi connectivity index (χ3n) is 2.21. The van der Waals surface area contributed by atoms with Crippen LogP contribution in [0, 0.1) is 5.82 Å². The first-order valence-electron chi connectivity index (χ1n) is 5.17. The Labute approximate surface area is 107 Å². The fraction of sp³-hybridized carbons (Fsp3) is 0.0833. The lowest BCUT2D eigenvalue weighted by molar-refractivity contribution is 0.0696. The van der Waals surface area contributed by atoms with Crippen molar-refractivity contribution in [3.05, 3.63) is 42.0 Å². The number of methoxy groups -OCH3 is 1. The van der Waals surface area contributed by atoms with E-state index < -0.39 is 11.8 Å². The average Bonchev–Trinajstić information content (AvgIpc) is 2.41. The van der Waals surface area contributed by atoms with Gasteiger partial charge in [0.25, 0.3) is 0 Å². The number of halogens is 1. The molecule has 1 aromatic heterocycles. The molecule has 19 heavy (non-hydrogen) atoms. The summed E-state index contributed by atoms with van der Waals surface area (Å²) in [6.07, 6.45) is 1.88. The van der Waals surface area contributed by atoms with E-state index in [0.29, 0.717) is 5.75 Å². The van der Waals surface area contributed by atoms with Crippen LogP contribution in [0.2, 0.25) is 0 Å². The Hall–Kier alpha value is -2.70. The van der Waals surface area contributed by atoms with Gasteiger partial charge in [-0.3, -0.25) is 0 Å². The number of carboxylic acids is 1. The van der Waals surface area contributed by atoms with Gasteiger partial charge in [0.15, 0.2) is 17.3 Å². The van der Waals surface area contributed by atoms with Crippen LogP contribution in [0.3, 0.4) is 0 Å². The van der Waals surface area contributed by atoms with Crippen molar-refractivity contribution in [3.63, 3.8) is 0 Å². The molecule has 0 aliphatic heterocycles. The van der Waals surface area contributed by atoms with E-state index >= 15 is 0 Å². The van der Waals surface area contributed by atoms with Gasteiger partial charge in [-0.05, 0) is 18.2 Å².